The lowest BCUT2D eigenvalue weighted by Gasteiger charge is -2.18. The molecule has 1 saturated carbocycles. The monoisotopic (exact) mass is 179 g/mol. The van der Waals surface area contributed by atoms with E-state index in [1.165, 1.54) is 0 Å². The van der Waals surface area contributed by atoms with Crippen LogP contribution in [0.3, 0.4) is 0 Å². The predicted octanol–water partition coefficient (Wildman–Crippen LogP) is 1.97. The lowest BCUT2D eigenvalue weighted by atomic mass is 10.0. The second-order valence-electron chi connectivity index (χ2n) is 3.89. The van der Waals surface area contributed by atoms with Gasteiger partial charge in [-0.25, -0.2) is 0 Å². The topological polar surface area (TPSA) is 20.3 Å². The maximum Gasteiger partial charge on any atom is 0.257 e. The zero-order valence-corrected chi connectivity index (χ0v) is 8.63. The zero-order valence-electron chi connectivity index (χ0n) is 8.63. The van der Waals surface area contributed by atoms with Crippen LogP contribution in [0.4, 0.5) is 0 Å². The number of nitrogens with zero attached hydrogens (tertiary/aromatic N) is 1. The van der Waals surface area contributed by atoms with Crippen LogP contribution in [0, 0.1) is 5.92 Å². The Bertz CT molecular complexity index is 257. The number of hydrogen-bond donors (Lipinski definition) is 0. The zero-order chi connectivity index (χ0) is 10.0. The largest absolute Gasteiger partial charge is 0.338 e. The Morgan fingerprint density at radius 1 is 1.54 bits per heavy atom. The van der Waals surface area contributed by atoms with E-state index in [2.05, 4.69) is 12.3 Å². The number of carbonyl (C=O) groups is 1. The molecule has 0 unspecified atom stereocenters. The fourth-order valence-electron chi connectivity index (χ4n) is 1.34. The molecule has 1 rings (SSSR count). The van der Waals surface area contributed by atoms with Gasteiger partial charge in [0.1, 0.15) is 0 Å². The number of rotatable bonds is 3. The van der Waals surface area contributed by atoms with Gasteiger partial charge < -0.3 is 4.90 Å². The van der Waals surface area contributed by atoms with Crippen LogP contribution in [0.1, 0.15) is 26.7 Å². The van der Waals surface area contributed by atoms with Gasteiger partial charge >= 0.3 is 0 Å². The summed E-state index contributed by atoms with van der Waals surface area (Å²) in [5, 5.41) is 0. The van der Waals surface area contributed by atoms with E-state index in [9.17, 15) is 4.79 Å². The quantitative estimate of drug-likeness (QED) is 0.479. The summed E-state index contributed by atoms with van der Waals surface area (Å²) in [6.45, 7) is 7.54. The van der Waals surface area contributed by atoms with Crippen LogP contribution in [-0.4, -0.2) is 23.9 Å². The van der Waals surface area contributed by atoms with Crippen molar-refractivity contribution >= 4 is 5.91 Å². The average Bonchev–Trinajstić information content (AvgIpc) is 2.85. The van der Waals surface area contributed by atoms with Gasteiger partial charge in [0.25, 0.3) is 5.91 Å². The number of amides is 1. The van der Waals surface area contributed by atoms with Crippen molar-refractivity contribution in [1.82, 2.24) is 4.90 Å². The minimum absolute atomic E-state index is 0.0903. The SMILES string of the molecule is C=C=C(C(=O)N(C)C1CC1)C(C)C. The third kappa shape index (κ3) is 2.22. The first kappa shape index (κ1) is 10.1. The average molecular weight is 179 g/mol. The molecule has 0 spiro atoms. The number of likely N-dealkylation sites (N-methyl/N-ethyl adjacent to an activating group) is 1. The van der Waals surface area contributed by atoms with Crippen molar-refractivity contribution in [3.8, 4) is 0 Å². The minimum Gasteiger partial charge on any atom is -0.338 e. The summed E-state index contributed by atoms with van der Waals surface area (Å²) in [6.07, 6.45) is 2.29. The molecule has 0 radical (unpaired) electrons. The summed E-state index contributed by atoms with van der Waals surface area (Å²) in [5.41, 5.74) is 3.44. The van der Waals surface area contributed by atoms with Gasteiger partial charge in [-0.1, -0.05) is 20.4 Å². The molecule has 0 heterocycles. The standard InChI is InChI=1S/C11H17NO/c1-5-10(8(2)3)11(13)12(4)9-6-7-9/h8-9H,1,6-7H2,2-4H3. The van der Waals surface area contributed by atoms with Crippen LogP contribution in [0.25, 0.3) is 0 Å². The lowest BCUT2D eigenvalue weighted by molar-refractivity contribution is -0.126. The second-order valence-corrected chi connectivity index (χ2v) is 3.89. The van der Waals surface area contributed by atoms with Gasteiger partial charge in [0.05, 0.1) is 5.57 Å². The number of carbonyl (C=O) groups excluding carboxylic acids is 1. The highest BCUT2D eigenvalue weighted by Crippen LogP contribution is 2.27. The molecule has 1 fully saturated rings. The molecule has 0 bridgehead atoms. The Morgan fingerprint density at radius 2 is 2.08 bits per heavy atom. The van der Waals surface area contributed by atoms with Crippen LogP contribution in [0.2, 0.25) is 0 Å². The molecule has 72 valence electrons. The second kappa shape index (κ2) is 3.80. The Labute approximate surface area is 79.9 Å². The molecule has 1 aliphatic rings. The summed E-state index contributed by atoms with van der Waals surface area (Å²) in [5.74, 6) is 0.304. The normalized spacial score (nSPS) is 15.4. The Morgan fingerprint density at radius 3 is 2.38 bits per heavy atom. The smallest absolute Gasteiger partial charge is 0.257 e. The van der Waals surface area contributed by atoms with E-state index in [0.29, 0.717) is 11.6 Å². The maximum absolute atomic E-state index is 11.8. The first-order valence-corrected chi connectivity index (χ1v) is 4.75. The van der Waals surface area contributed by atoms with Gasteiger partial charge in [0.2, 0.25) is 0 Å². The molecule has 0 aromatic rings. The molecule has 0 aromatic heterocycles. The van der Waals surface area contributed by atoms with Gasteiger partial charge in [0, 0.05) is 13.1 Å². The Kier molecular flexibility index (Phi) is 2.94. The van der Waals surface area contributed by atoms with Crippen molar-refractivity contribution in [3.05, 3.63) is 17.9 Å². The van der Waals surface area contributed by atoms with Crippen LogP contribution in [0.5, 0.6) is 0 Å². The van der Waals surface area contributed by atoms with E-state index in [-0.39, 0.29) is 11.8 Å². The van der Waals surface area contributed by atoms with Crippen molar-refractivity contribution < 1.29 is 4.79 Å². The van der Waals surface area contributed by atoms with E-state index in [0.717, 1.165) is 12.8 Å². The summed E-state index contributed by atoms with van der Waals surface area (Å²) < 4.78 is 0. The highest BCUT2D eigenvalue weighted by atomic mass is 16.2. The van der Waals surface area contributed by atoms with Crippen molar-refractivity contribution in [2.24, 2.45) is 5.92 Å². The highest BCUT2D eigenvalue weighted by molar-refractivity contribution is 5.93. The Balaban J connectivity index is 2.69. The molecule has 2 heteroatoms. The summed E-state index contributed by atoms with van der Waals surface area (Å²) in [4.78, 5) is 13.6. The molecule has 0 aromatic carbocycles. The molecule has 0 atom stereocenters. The van der Waals surface area contributed by atoms with Gasteiger partial charge in [-0.15, -0.1) is 5.73 Å². The molecule has 0 N–H and O–H groups in total. The molecule has 0 aliphatic heterocycles. The lowest BCUT2D eigenvalue weighted by Crippen LogP contribution is -2.31. The fourth-order valence-corrected chi connectivity index (χ4v) is 1.34. The van der Waals surface area contributed by atoms with Crippen molar-refractivity contribution in [2.45, 2.75) is 32.7 Å². The van der Waals surface area contributed by atoms with Gasteiger partial charge in [-0.05, 0) is 18.8 Å². The molecule has 1 aliphatic carbocycles. The molecule has 0 saturated heterocycles. The van der Waals surface area contributed by atoms with E-state index < -0.39 is 0 Å². The van der Waals surface area contributed by atoms with Crippen LogP contribution < -0.4 is 0 Å². The first-order valence-electron chi connectivity index (χ1n) is 4.75. The summed E-state index contributed by atoms with van der Waals surface area (Å²) >= 11 is 0. The van der Waals surface area contributed by atoms with Crippen LogP contribution in [0.15, 0.2) is 17.9 Å². The minimum atomic E-state index is 0.0903. The highest BCUT2D eigenvalue weighted by Gasteiger charge is 2.31. The third-order valence-corrected chi connectivity index (χ3v) is 2.41. The molecule has 13 heavy (non-hydrogen) atoms. The summed E-state index contributed by atoms with van der Waals surface area (Å²) in [7, 11) is 1.86. The number of hydrogen-bond acceptors (Lipinski definition) is 1. The molecule has 1 amide bonds. The van der Waals surface area contributed by atoms with E-state index in [1.807, 2.05) is 25.8 Å². The fraction of sp³-hybridized carbons (Fsp3) is 0.636. The van der Waals surface area contributed by atoms with Crippen molar-refractivity contribution in [3.63, 3.8) is 0 Å². The van der Waals surface area contributed by atoms with Gasteiger partial charge in [-0.2, -0.15) is 0 Å². The van der Waals surface area contributed by atoms with Gasteiger partial charge in [0.15, 0.2) is 0 Å². The Hall–Kier alpha value is -1.01. The van der Waals surface area contributed by atoms with Crippen LogP contribution in [-0.2, 0) is 4.79 Å². The van der Waals surface area contributed by atoms with E-state index in [4.69, 9.17) is 0 Å². The molecule has 2 nitrogen and oxygen atoms in total. The molecular formula is C11H17NO. The predicted molar refractivity (Wildman–Crippen MR) is 53.3 cm³/mol. The summed E-state index contributed by atoms with van der Waals surface area (Å²) in [6, 6.07) is 0.467. The van der Waals surface area contributed by atoms with Crippen molar-refractivity contribution in [2.75, 3.05) is 7.05 Å². The van der Waals surface area contributed by atoms with Crippen molar-refractivity contribution in [1.29, 1.82) is 0 Å². The van der Waals surface area contributed by atoms with Crippen LogP contribution >= 0.6 is 0 Å². The molecular weight excluding hydrogens is 162 g/mol. The first-order chi connectivity index (χ1) is 6.07. The van der Waals surface area contributed by atoms with E-state index in [1.54, 1.807) is 0 Å². The van der Waals surface area contributed by atoms with Gasteiger partial charge in [-0.3, -0.25) is 4.79 Å². The third-order valence-electron chi connectivity index (χ3n) is 2.41. The maximum atomic E-state index is 11.8. The van der Waals surface area contributed by atoms with E-state index >= 15 is 0 Å².